The molecule has 5 nitrogen and oxygen atoms in total. The summed E-state index contributed by atoms with van der Waals surface area (Å²) >= 11 is 1.47. The van der Waals surface area contributed by atoms with Crippen molar-refractivity contribution in [3.63, 3.8) is 0 Å². The number of aliphatic carboxylic acids is 1. The molecule has 2 heterocycles. The number of nitriles is 1. The second-order valence-electron chi connectivity index (χ2n) is 13.3. The molecule has 0 atom stereocenters. The van der Waals surface area contributed by atoms with Crippen molar-refractivity contribution in [2.24, 2.45) is 7.05 Å². The van der Waals surface area contributed by atoms with Gasteiger partial charge in [0.25, 0.3) is 0 Å². The Kier molecular flexibility index (Phi) is 8.37. The maximum Gasteiger partial charge on any atom is 0.346 e. The Bertz CT molecular complexity index is 2560. The number of nitrogens with zero attached hydrogens (tertiary/aromatic N) is 3. The average molecular weight is 696 g/mol. The Morgan fingerprint density at radius 1 is 0.788 bits per heavy atom. The first-order valence-corrected chi connectivity index (χ1v) is 18.4. The summed E-state index contributed by atoms with van der Waals surface area (Å²) in [5.74, 6) is -1.22. The van der Waals surface area contributed by atoms with Gasteiger partial charge in [-0.1, -0.05) is 86.6 Å². The fraction of sp³-hybridized carbons (Fsp3) is 0.130. The van der Waals surface area contributed by atoms with Gasteiger partial charge < -0.3 is 14.6 Å². The summed E-state index contributed by atoms with van der Waals surface area (Å²) in [5, 5.41) is 20.9. The third-order valence-electron chi connectivity index (χ3n) is 10.8. The number of hydrogen-bond donors (Lipinski definition) is 1. The lowest BCUT2D eigenvalue weighted by molar-refractivity contribution is -0.132. The largest absolute Gasteiger partial charge is 0.477 e. The van der Waals surface area contributed by atoms with Gasteiger partial charge in [-0.3, -0.25) is 0 Å². The summed E-state index contributed by atoms with van der Waals surface area (Å²) in [4.78, 5) is 15.5. The summed E-state index contributed by atoms with van der Waals surface area (Å²) in [6.45, 7) is 4.62. The van der Waals surface area contributed by atoms with Crippen LogP contribution in [0, 0.1) is 11.3 Å². The standard InChI is InChI=1S/C46H37N3O2S/c1-4-46(5-2)39-27-31(41-23-24-43(48(41)3)44-25-20-35(52-44)26-32(29-47)45(50)51)18-21-37(39)38-22-19-34(28-40(38)46)49(33-14-7-6-8-15-33)42-17-11-13-30-12-9-10-16-36(30)42/h6-28H,4-5H2,1-3H3,(H,50,51). The molecule has 6 heteroatoms. The van der Waals surface area contributed by atoms with Crippen molar-refractivity contribution in [1.29, 1.82) is 5.26 Å². The van der Waals surface area contributed by atoms with Crippen molar-refractivity contribution in [2.45, 2.75) is 32.1 Å². The van der Waals surface area contributed by atoms with Crippen molar-refractivity contribution in [3.05, 3.63) is 155 Å². The molecule has 254 valence electrons. The highest BCUT2D eigenvalue weighted by Gasteiger charge is 2.41. The van der Waals surface area contributed by atoms with Gasteiger partial charge in [-0.05, 0) is 113 Å². The number of hydrogen-bond acceptors (Lipinski definition) is 4. The molecule has 8 rings (SSSR count). The predicted octanol–water partition coefficient (Wildman–Crippen LogP) is 12.1. The van der Waals surface area contributed by atoms with Gasteiger partial charge in [0.1, 0.15) is 11.6 Å². The van der Waals surface area contributed by atoms with Crippen molar-refractivity contribution in [3.8, 4) is 39.0 Å². The van der Waals surface area contributed by atoms with E-state index in [0.29, 0.717) is 0 Å². The molecule has 1 N–H and O–H groups in total. The van der Waals surface area contributed by atoms with Crippen molar-refractivity contribution in [1.82, 2.24) is 4.57 Å². The Balaban J connectivity index is 1.21. The molecule has 0 aliphatic heterocycles. The quantitative estimate of drug-likeness (QED) is 0.121. The number of benzene rings is 5. The zero-order valence-corrected chi connectivity index (χ0v) is 30.1. The van der Waals surface area contributed by atoms with Gasteiger partial charge in [0.2, 0.25) is 0 Å². The smallest absolute Gasteiger partial charge is 0.346 e. The molecule has 0 saturated heterocycles. The van der Waals surface area contributed by atoms with E-state index in [-0.39, 0.29) is 11.0 Å². The number of carboxylic acids is 1. The lowest BCUT2D eigenvalue weighted by atomic mass is 9.73. The zero-order valence-electron chi connectivity index (χ0n) is 29.3. The molecule has 0 spiro atoms. The normalized spacial score (nSPS) is 13.1. The monoisotopic (exact) mass is 695 g/mol. The van der Waals surface area contributed by atoms with E-state index in [4.69, 9.17) is 0 Å². The van der Waals surface area contributed by atoms with E-state index in [1.807, 2.05) is 12.1 Å². The Hall–Kier alpha value is -6.16. The van der Waals surface area contributed by atoms with Crippen LogP contribution in [0.25, 0.3) is 49.8 Å². The SMILES string of the molecule is CCC1(CC)c2cc(-c3ccc(-c4ccc(C=C(C#N)C(=O)O)s4)n3C)ccc2-c2ccc(N(c3ccccc3)c3cccc4ccccc34)cc21. The van der Waals surface area contributed by atoms with Gasteiger partial charge in [0.15, 0.2) is 0 Å². The summed E-state index contributed by atoms with van der Waals surface area (Å²) in [7, 11) is 2.07. The van der Waals surface area contributed by atoms with Gasteiger partial charge >= 0.3 is 5.97 Å². The van der Waals surface area contributed by atoms with E-state index in [1.54, 1.807) is 6.07 Å². The Labute approximate surface area is 308 Å². The third kappa shape index (κ3) is 5.33. The molecular formula is C46H37N3O2S. The molecular weight excluding hydrogens is 659 g/mol. The number of fused-ring (bicyclic) bond motifs is 4. The predicted molar refractivity (Wildman–Crippen MR) is 214 cm³/mol. The number of aromatic nitrogens is 1. The van der Waals surface area contributed by atoms with Crippen LogP contribution in [0.15, 0.2) is 139 Å². The van der Waals surface area contributed by atoms with Crippen LogP contribution in [0.5, 0.6) is 0 Å². The van der Waals surface area contributed by atoms with E-state index in [9.17, 15) is 15.2 Å². The minimum Gasteiger partial charge on any atom is -0.477 e. The molecule has 7 aromatic rings. The van der Waals surface area contributed by atoms with Crippen molar-refractivity contribution < 1.29 is 9.90 Å². The van der Waals surface area contributed by atoms with Gasteiger partial charge in [-0.2, -0.15) is 5.26 Å². The molecule has 5 aromatic carbocycles. The molecule has 52 heavy (non-hydrogen) atoms. The Morgan fingerprint density at radius 3 is 2.23 bits per heavy atom. The van der Waals surface area contributed by atoms with E-state index >= 15 is 0 Å². The number of rotatable bonds is 9. The average Bonchev–Trinajstić information content (AvgIpc) is 3.88. The van der Waals surface area contributed by atoms with Crippen LogP contribution in [0.4, 0.5) is 17.1 Å². The first-order valence-electron chi connectivity index (χ1n) is 17.6. The topological polar surface area (TPSA) is 69.3 Å². The van der Waals surface area contributed by atoms with Crippen LogP contribution < -0.4 is 4.90 Å². The second-order valence-corrected chi connectivity index (χ2v) is 14.4. The molecule has 0 unspecified atom stereocenters. The van der Waals surface area contributed by atoms with Crippen molar-refractivity contribution >= 4 is 51.2 Å². The first-order chi connectivity index (χ1) is 25.4. The molecule has 1 aliphatic rings. The van der Waals surface area contributed by atoms with Crippen LogP contribution in [-0.4, -0.2) is 15.6 Å². The van der Waals surface area contributed by atoms with Crippen molar-refractivity contribution in [2.75, 3.05) is 4.90 Å². The lowest BCUT2D eigenvalue weighted by Gasteiger charge is -2.32. The third-order valence-corrected chi connectivity index (χ3v) is 11.8. The summed E-state index contributed by atoms with van der Waals surface area (Å²) in [5.41, 5.74) is 11.6. The second kappa shape index (κ2) is 13.2. The highest BCUT2D eigenvalue weighted by molar-refractivity contribution is 7.16. The number of carboxylic acid groups (broad SMARTS) is 1. The first kappa shape index (κ1) is 33.0. The van der Waals surface area contributed by atoms with Crippen LogP contribution >= 0.6 is 11.3 Å². The molecule has 0 fully saturated rings. The fourth-order valence-corrected chi connectivity index (χ4v) is 9.11. The van der Waals surface area contributed by atoms with E-state index in [2.05, 4.69) is 152 Å². The van der Waals surface area contributed by atoms with Crippen LogP contribution in [0.1, 0.15) is 42.7 Å². The number of carbonyl (C=O) groups is 1. The van der Waals surface area contributed by atoms with Crippen LogP contribution in [-0.2, 0) is 17.3 Å². The lowest BCUT2D eigenvalue weighted by Crippen LogP contribution is -2.23. The zero-order chi connectivity index (χ0) is 36.0. The summed E-state index contributed by atoms with van der Waals surface area (Å²) in [6.07, 6.45) is 3.38. The molecule has 0 bridgehead atoms. The molecule has 2 aromatic heterocycles. The summed E-state index contributed by atoms with van der Waals surface area (Å²) < 4.78 is 2.20. The van der Waals surface area contributed by atoms with Gasteiger partial charge in [0, 0.05) is 39.8 Å². The Morgan fingerprint density at radius 2 is 1.48 bits per heavy atom. The molecule has 0 saturated carbocycles. The number of para-hydroxylation sites is 1. The van der Waals surface area contributed by atoms with E-state index < -0.39 is 5.97 Å². The minimum absolute atomic E-state index is 0.149. The highest BCUT2D eigenvalue weighted by atomic mass is 32.1. The van der Waals surface area contributed by atoms with Gasteiger partial charge in [-0.15, -0.1) is 11.3 Å². The van der Waals surface area contributed by atoms with Gasteiger partial charge in [0.05, 0.1) is 16.3 Å². The van der Waals surface area contributed by atoms with E-state index in [0.717, 1.165) is 56.6 Å². The molecule has 0 radical (unpaired) electrons. The number of anilines is 3. The highest BCUT2D eigenvalue weighted by Crippen LogP contribution is 2.55. The fourth-order valence-electron chi connectivity index (χ4n) is 8.10. The maximum absolute atomic E-state index is 11.4. The van der Waals surface area contributed by atoms with E-state index in [1.165, 1.54) is 50.4 Å². The number of thiophene rings is 1. The van der Waals surface area contributed by atoms with Gasteiger partial charge in [-0.25, -0.2) is 4.79 Å². The van der Waals surface area contributed by atoms with Crippen LogP contribution in [0.3, 0.4) is 0 Å². The minimum atomic E-state index is -1.22. The molecule has 1 aliphatic carbocycles. The maximum atomic E-state index is 11.4. The van der Waals surface area contributed by atoms with Crippen LogP contribution in [0.2, 0.25) is 0 Å². The summed E-state index contributed by atoms with van der Waals surface area (Å²) in [6, 6.07) is 49.6. The molecule has 0 amide bonds.